The standard InChI is InChI=1S/C15H14FN5O4/c1-15(13(17)23,12-5-18-14(24)25-12)8-2-3-11(10(16)4-8)21-6-9(7-22)19-20-21/h2-4,6-7,12H,5H2,1H3,(H2,17,23)(H,18,24). The summed E-state index contributed by atoms with van der Waals surface area (Å²) >= 11 is 0. The predicted molar refractivity (Wildman–Crippen MR) is 81.5 cm³/mol. The Kier molecular flexibility index (Phi) is 3.95. The van der Waals surface area contributed by atoms with Gasteiger partial charge in [-0.05, 0) is 24.6 Å². The van der Waals surface area contributed by atoms with Crippen LogP contribution >= 0.6 is 0 Å². The van der Waals surface area contributed by atoms with Gasteiger partial charge in [-0.3, -0.25) is 9.59 Å². The molecule has 130 valence electrons. The number of nitrogens with zero attached hydrogens (tertiary/aromatic N) is 3. The largest absolute Gasteiger partial charge is 0.443 e. The molecule has 1 aliphatic heterocycles. The first-order valence-electron chi connectivity index (χ1n) is 7.28. The number of carbonyl (C=O) groups is 3. The van der Waals surface area contributed by atoms with E-state index in [9.17, 15) is 18.8 Å². The smallest absolute Gasteiger partial charge is 0.407 e. The van der Waals surface area contributed by atoms with E-state index in [0.717, 1.165) is 10.7 Å². The molecule has 25 heavy (non-hydrogen) atoms. The van der Waals surface area contributed by atoms with Crippen LogP contribution < -0.4 is 11.1 Å². The molecule has 1 fully saturated rings. The van der Waals surface area contributed by atoms with E-state index in [1.165, 1.54) is 25.3 Å². The minimum absolute atomic E-state index is 0.0395. The van der Waals surface area contributed by atoms with Crippen molar-refractivity contribution in [3.05, 3.63) is 41.5 Å². The van der Waals surface area contributed by atoms with E-state index in [0.29, 0.717) is 6.29 Å². The van der Waals surface area contributed by atoms with Crippen LogP contribution in [0.3, 0.4) is 0 Å². The molecule has 1 saturated heterocycles. The van der Waals surface area contributed by atoms with Gasteiger partial charge in [0, 0.05) is 0 Å². The summed E-state index contributed by atoms with van der Waals surface area (Å²) in [6, 6.07) is 3.98. The van der Waals surface area contributed by atoms with E-state index in [1.807, 2.05) is 0 Å². The van der Waals surface area contributed by atoms with Crippen LogP contribution in [0.1, 0.15) is 23.0 Å². The molecule has 3 rings (SSSR count). The highest BCUT2D eigenvalue weighted by molar-refractivity contribution is 5.88. The lowest BCUT2D eigenvalue weighted by Gasteiger charge is -2.31. The fourth-order valence-corrected chi connectivity index (χ4v) is 2.66. The molecule has 0 spiro atoms. The second-order valence-electron chi connectivity index (χ2n) is 5.71. The molecule has 0 aliphatic carbocycles. The highest BCUT2D eigenvalue weighted by Gasteiger charge is 2.47. The lowest BCUT2D eigenvalue weighted by Crippen LogP contribution is -2.49. The van der Waals surface area contributed by atoms with Gasteiger partial charge in [-0.2, -0.15) is 0 Å². The van der Waals surface area contributed by atoms with Crippen molar-refractivity contribution >= 4 is 18.3 Å². The number of primary amides is 1. The summed E-state index contributed by atoms with van der Waals surface area (Å²) in [5, 5.41) is 9.66. The molecular formula is C15H14FN5O4. The summed E-state index contributed by atoms with van der Waals surface area (Å²) in [7, 11) is 0. The van der Waals surface area contributed by atoms with Crippen LogP contribution in [0.5, 0.6) is 0 Å². The number of aldehydes is 1. The van der Waals surface area contributed by atoms with E-state index in [2.05, 4.69) is 15.6 Å². The molecule has 0 radical (unpaired) electrons. The van der Waals surface area contributed by atoms with Crippen molar-refractivity contribution in [2.75, 3.05) is 6.54 Å². The van der Waals surface area contributed by atoms with Crippen molar-refractivity contribution in [3.63, 3.8) is 0 Å². The fraction of sp³-hybridized carbons (Fsp3) is 0.267. The van der Waals surface area contributed by atoms with Gasteiger partial charge in [0.1, 0.15) is 28.7 Å². The molecule has 0 saturated carbocycles. The van der Waals surface area contributed by atoms with Gasteiger partial charge in [0.15, 0.2) is 6.29 Å². The molecule has 3 N–H and O–H groups in total. The molecule has 2 heterocycles. The maximum absolute atomic E-state index is 14.6. The third-order valence-electron chi connectivity index (χ3n) is 4.26. The van der Waals surface area contributed by atoms with E-state index < -0.39 is 29.3 Å². The number of nitrogens with two attached hydrogens (primary N) is 1. The Labute approximate surface area is 140 Å². The minimum atomic E-state index is -1.42. The maximum Gasteiger partial charge on any atom is 0.407 e. The lowest BCUT2D eigenvalue weighted by atomic mass is 9.76. The monoisotopic (exact) mass is 347 g/mol. The average Bonchev–Trinajstić information content (AvgIpc) is 3.22. The zero-order valence-electron chi connectivity index (χ0n) is 13.1. The first-order valence-corrected chi connectivity index (χ1v) is 7.28. The molecule has 1 aliphatic rings. The number of amides is 2. The summed E-state index contributed by atoms with van der Waals surface area (Å²) in [4.78, 5) is 34.0. The van der Waals surface area contributed by atoms with E-state index in [1.54, 1.807) is 0 Å². The van der Waals surface area contributed by atoms with Crippen LogP contribution in [0.4, 0.5) is 9.18 Å². The highest BCUT2D eigenvalue weighted by Crippen LogP contribution is 2.32. The molecule has 2 amide bonds. The molecule has 1 aromatic carbocycles. The minimum Gasteiger partial charge on any atom is -0.443 e. The van der Waals surface area contributed by atoms with Gasteiger partial charge in [-0.25, -0.2) is 13.9 Å². The maximum atomic E-state index is 14.6. The number of ether oxygens (including phenoxy) is 1. The first kappa shape index (κ1) is 16.6. The number of nitrogens with one attached hydrogen (secondary N) is 1. The SMILES string of the molecule is CC(C(N)=O)(c1ccc(-n2cc(C=O)nn2)c(F)c1)C1CNC(=O)O1. The molecule has 2 atom stereocenters. The fourth-order valence-electron chi connectivity index (χ4n) is 2.66. The van der Waals surface area contributed by atoms with Gasteiger partial charge < -0.3 is 15.8 Å². The average molecular weight is 347 g/mol. The van der Waals surface area contributed by atoms with Crippen molar-refractivity contribution in [2.45, 2.75) is 18.4 Å². The Morgan fingerprint density at radius 3 is 2.84 bits per heavy atom. The second kappa shape index (κ2) is 5.96. The van der Waals surface area contributed by atoms with Crippen molar-refractivity contribution < 1.29 is 23.5 Å². The number of cyclic esters (lactones) is 1. The van der Waals surface area contributed by atoms with Gasteiger partial charge >= 0.3 is 6.09 Å². The quantitative estimate of drug-likeness (QED) is 0.736. The third-order valence-corrected chi connectivity index (χ3v) is 4.26. The van der Waals surface area contributed by atoms with Gasteiger partial charge in [0.25, 0.3) is 0 Å². The van der Waals surface area contributed by atoms with Crippen molar-refractivity contribution in [1.82, 2.24) is 20.3 Å². The van der Waals surface area contributed by atoms with Crippen LogP contribution in [0.25, 0.3) is 5.69 Å². The number of hydrogen-bond donors (Lipinski definition) is 2. The molecule has 9 nitrogen and oxygen atoms in total. The van der Waals surface area contributed by atoms with Gasteiger partial charge in [-0.1, -0.05) is 11.3 Å². The number of carbonyl (C=O) groups excluding carboxylic acids is 3. The Hall–Kier alpha value is -3.30. The van der Waals surface area contributed by atoms with E-state index in [4.69, 9.17) is 10.5 Å². The predicted octanol–water partition coefficient (Wildman–Crippen LogP) is 0.0703. The zero-order chi connectivity index (χ0) is 18.2. The van der Waals surface area contributed by atoms with Gasteiger partial charge in [0.05, 0.1) is 12.7 Å². The Morgan fingerprint density at radius 2 is 2.32 bits per heavy atom. The summed E-state index contributed by atoms with van der Waals surface area (Å²) in [6.45, 7) is 1.56. The second-order valence-corrected chi connectivity index (χ2v) is 5.71. The molecular weight excluding hydrogens is 333 g/mol. The van der Waals surface area contributed by atoms with Gasteiger partial charge in [0.2, 0.25) is 5.91 Å². The van der Waals surface area contributed by atoms with Crippen LogP contribution in [0.2, 0.25) is 0 Å². The molecule has 10 heteroatoms. The molecule has 1 aromatic heterocycles. The summed E-state index contributed by atoms with van der Waals surface area (Å²) in [6.07, 6.45) is 0.219. The number of rotatable bonds is 5. The molecule has 2 aromatic rings. The van der Waals surface area contributed by atoms with Crippen LogP contribution in [0.15, 0.2) is 24.4 Å². The summed E-state index contributed by atoms with van der Waals surface area (Å²) in [5.74, 6) is -1.46. The summed E-state index contributed by atoms with van der Waals surface area (Å²) in [5.41, 5.74) is 4.42. The zero-order valence-corrected chi connectivity index (χ0v) is 13.1. The van der Waals surface area contributed by atoms with Crippen LogP contribution in [0, 0.1) is 5.82 Å². The molecule has 0 bridgehead atoms. The van der Waals surface area contributed by atoms with E-state index in [-0.39, 0.29) is 23.5 Å². The van der Waals surface area contributed by atoms with Crippen LogP contribution in [-0.2, 0) is 14.9 Å². The third kappa shape index (κ3) is 2.71. The number of aromatic nitrogens is 3. The molecule has 2 unspecified atom stereocenters. The lowest BCUT2D eigenvalue weighted by molar-refractivity contribution is -0.126. The number of alkyl carbamates (subject to hydrolysis) is 1. The van der Waals surface area contributed by atoms with Crippen molar-refractivity contribution in [1.29, 1.82) is 0 Å². The number of benzene rings is 1. The Morgan fingerprint density at radius 1 is 1.56 bits per heavy atom. The summed E-state index contributed by atoms with van der Waals surface area (Å²) < 4.78 is 20.7. The Bertz CT molecular complexity index is 867. The Balaban J connectivity index is 2.01. The number of halogens is 1. The number of hydrogen-bond acceptors (Lipinski definition) is 6. The highest BCUT2D eigenvalue weighted by atomic mass is 19.1. The normalized spacial score (nSPS) is 19.0. The topological polar surface area (TPSA) is 129 Å². The van der Waals surface area contributed by atoms with Crippen molar-refractivity contribution in [2.24, 2.45) is 5.73 Å². The van der Waals surface area contributed by atoms with Crippen LogP contribution in [-0.4, -0.2) is 45.9 Å². The first-order chi connectivity index (χ1) is 11.9. The van der Waals surface area contributed by atoms with Gasteiger partial charge in [-0.15, -0.1) is 5.10 Å². The van der Waals surface area contributed by atoms with E-state index >= 15 is 0 Å². The van der Waals surface area contributed by atoms with Crippen molar-refractivity contribution in [3.8, 4) is 5.69 Å².